The second-order valence-corrected chi connectivity index (χ2v) is 12.7. The van der Waals surface area contributed by atoms with Crippen LogP contribution in [-0.2, 0) is 6.11 Å². The van der Waals surface area contributed by atoms with Gasteiger partial charge in [-0.25, -0.2) is 13.2 Å². The average Bonchev–Trinajstić information content (AvgIpc) is 3.02. The van der Waals surface area contributed by atoms with Crippen LogP contribution in [0.15, 0.2) is 48.5 Å². The van der Waals surface area contributed by atoms with Gasteiger partial charge in [-0.3, -0.25) is 0 Å². The van der Waals surface area contributed by atoms with E-state index in [0.29, 0.717) is 11.5 Å². The number of allylic oxidation sites excluding steroid dienone is 1. The first kappa shape index (κ1) is 35.8. The van der Waals surface area contributed by atoms with Gasteiger partial charge >= 0.3 is 18.2 Å². The van der Waals surface area contributed by atoms with Crippen molar-refractivity contribution < 1.29 is 44.6 Å². The standard InChI is InChI=1S/C36H42F8O2/c1-2-3-4-5-6-7-23-10-15-26(16-11-23)27-17-12-24(13-18-27)8-9-25-14-19-29(30(37)20-25)36(43,44)46-28-21-31(38)33(32(39)22-28)45-35(42)34(40)41/h8-9,14,19-24,26-27H,2-7,10-13,15-18H2,1H3/b9-8+. The van der Waals surface area contributed by atoms with Crippen molar-refractivity contribution in [3.8, 4) is 11.5 Å². The van der Waals surface area contributed by atoms with Crippen LogP contribution in [0.25, 0.3) is 6.08 Å². The maximum Gasteiger partial charge on any atom is 0.429 e. The van der Waals surface area contributed by atoms with Gasteiger partial charge in [-0.1, -0.05) is 76.5 Å². The molecule has 2 aromatic rings. The lowest BCUT2D eigenvalue weighted by Gasteiger charge is -2.37. The predicted molar refractivity (Wildman–Crippen MR) is 162 cm³/mol. The minimum Gasteiger partial charge on any atom is -0.429 e. The van der Waals surface area contributed by atoms with E-state index in [2.05, 4.69) is 16.4 Å². The molecule has 2 nitrogen and oxygen atoms in total. The number of hydrogen-bond donors (Lipinski definition) is 0. The summed E-state index contributed by atoms with van der Waals surface area (Å²) in [6.07, 6.45) is 14.2. The molecule has 0 radical (unpaired) electrons. The van der Waals surface area contributed by atoms with Crippen LogP contribution in [0.3, 0.4) is 0 Å². The number of hydrogen-bond acceptors (Lipinski definition) is 2. The normalized spacial score (nSPS) is 22.2. The van der Waals surface area contributed by atoms with E-state index in [-0.39, 0.29) is 12.1 Å². The third-order valence-electron chi connectivity index (χ3n) is 9.52. The largest absolute Gasteiger partial charge is 0.429 e. The van der Waals surface area contributed by atoms with Crippen LogP contribution in [0, 0.1) is 41.1 Å². The van der Waals surface area contributed by atoms with Crippen molar-refractivity contribution in [2.24, 2.45) is 23.7 Å². The Morgan fingerprint density at radius 2 is 1.39 bits per heavy atom. The third-order valence-corrected chi connectivity index (χ3v) is 9.52. The Labute approximate surface area is 265 Å². The zero-order valence-corrected chi connectivity index (χ0v) is 26.1. The summed E-state index contributed by atoms with van der Waals surface area (Å²) in [6.45, 7) is 2.24. The molecule has 0 saturated heterocycles. The highest BCUT2D eigenvalue weighted by molar-refractivity contribution is 5.51. The monoisotopic (exact) mass is 658 g/mol. The van der Waals surface area contributed by atoms with E-state index in [1.54, 1.807) is 6.08 Å². The van der Waals surface area contributed by atoms with Crippen molar-refractivity contribution in [3.63, 3.8) is 0 Å². The molecule has 0 heterocycles. The van der Waals surface area contributed by atoms with E-state index >= 15 is 0 Å². The van der Waals surface area contributed by atoms with Gasteiger partial charge in [-0.15, -0.1) is 0 Å². The Morgan fingerprint density at radius 1 is 0.783 bits per heavy atom. The first-order valence-electron chi connectivity index (χ1n) is 16.4. The van der Waals surface area contributed by atoms with Crippen LogP contribution >= 0.6 is 0 Å². The van der Waals surface area contributed by atoms with Crippen LogP contribution < -0.4 is 9.47 Å². The molecule has 0 aliphatic heterocycles. The van der Waals surface area contributed by atoms with Crippen molar-refractivity contribution in [2.45, 2.75) is 103 Å². The average molecular weight is 659 g/mol. The molecule has 0 spiro atoms. The van der Waals surface area contributed by atoms with Gasteiger partial charge in [-0.2, -0.15) is 22.0 Å². The maximum atomic E-state index is 14.8. The number of halogens is 8. The molecule has 2 saturated carbocycles. The summed E-state index contributed by atoms with van der Waals surface area (Å²) < 4.78 is 118. The lowest BCUT2D eigenvalue weighted by molar-refractivity contribution is -0.187. The lowest BCUT2D eigenvalue weighted by Crippen LogP contribution is -2.25. The zero-order chi connectivity index (χ0) is 33.3. The molecule has 0 bridgehead atoms. The fraction of sp³-hybridized carbons (Fsp3) is 0.556. The Hall–Kier alpha value is -3.04. The highest BCUT2D eigenvalue weighted by Gasteiger charge is 2.38. The summed E-state index contributed by atoms with van der Waals surface area (Å²) in [6, 6.07) is 0.842. The molecule has 0 unspecified atom stereocenters. The van der Waals surface area contributed by atoms with Gasteiger partial charge in [0.15, 0.2) is 11.6 Å². The van der Waals surface area contributed by atoms with Crippen molar-refractivity contribution >= 4 is 6.08 Å². The molecular formula is C36H42F8O2. The SMILES string of the molecule is CCCCCCCC1CCC(C2CCC(/C=C/c3ccc(C(F)(F)Oc4cc(F)c(OC(F)=C(F)F)c(F)c4)c(F)c3)CC2)CC1. The lowest BCUT2D eigenvalue weighted by atomic mass is 9.68. The van der Waals surface area contributed by atoms with Crippen LogP contribution in [0.1, 0.15) is 108 Å². The Kier molecular flexibility index (Phi) is 13.0. The number of ether oxygens (including phenoxy) is 2. The van der Waals surface area contributed by atoms with Crippen molar-refractivity contribution in [3.05, 3.63) is 77.1 Å². The van der Waals surface area contributed by atoms with Gasteiger partial charge in [0.05, 0.1) is 5.56 Å². The summed E-state index contributed by atoms with van der Waals surface area (Å²) in [5, 5.41) is 0. The van der Waals surface area contributed by atoms with Crippen LogP contribution in [-0.4, -0.2) is 0 Å². The molecule has 0 N–H and O–H groups in total. The fourth-order valence-corrected chi connectivity index (χ4v) is 6.94. The summed E-state index contributed by atoms with van der Waals surface area (Å²) in [7, 11) is 0. The number of alkyl halides is 2. The Bertz CT molecular complexity index is 1310. The smallest absolute Gasteiger partial charge is 0.429 e. The molecule has 2 fully saturated rings. The summed E-state index contributed by atoms with van der Waals surface area (Å²) in [5.74, 6) is -4.77. The van der Waals surface area contributed by atoms with Crippen LogP contribution in [0.2, 0.25) is 0 Å². The zero-order valence-electron chi connectivity index (χ0n) is 26.1. The van der Waals surface area contributed by atoms with Gasteiger partial charge in [0, 0.05) is 12.1 Å². The first-order chi connectivity index (χ1) is 22.0. The van der Waals surface area contributed by atoms with E-state index in [0.717, 1.165) is 55.6 Å². The Morgan fingerprint density at radius 3 is 1.98 bits per heavy atom. The molecule has 254 valence electrons. The highest BCUT2D eigenvalue weighted by atomic mass is 19.3. The fourth-order valence-electron chi connectivity index (χ4n) is 6.94. The van der Waals surface area contributed by atoms with Crippen LogP contribution in [0.4, 0.5) is 35.1 Å². The molecule has 2 aliphatic carbocycles. The predicted octanol–water partition coefficient (Wildman–Crippen LogP) is 12.6. The molecule has 0 aromatic heterocycles. The van der Waals surface area contributed by atoms with E-state index in [9.17, 15) is 35.1 Å². The van der Waals surface area contributed by atoms with Crippen molar-refractivity contribution in [1.29, 1.82) is 0 Å². The minimum absolute atomic E-state index is 0.181. The van der Waals surface area contributed by atoms with Gasteiger partial charge in [0.25, 0.3) is 0 Å². The highest BCUT2D eigenvalue weighted by Crippen LogP contribution is 2.43. The van der Waals surface area contributed by atoms with E-state index < -0.39 is 52.7 Å². The van der Waals surface area contributed by atoms with Gasteiger partial charge in [0.1, 0.15) is 11.6 Å². The van der Waals surface area contributed by atoms with Crippen molar-refractivity contribution in [1.82, 2.24) is 0 Å². The number of rotatable bonds is 14. The molecular weight excluding hydrogens is 616 g/mol. The van der Waals surface area contributed by atoms with E-state index in [1.807, 2.05) is 6.08 Å². The van der Waals surface area contributed by atoms with E-state index in [1.165, 1.54) is 70.3 Å². The summed E-state index contributed by atoms with van der Waals surface area (Å²) in [4.78, 5) is 0. The quantitative estimate of drug-likeness (QED) is 0.114. The van der Waals surface area contributed by atoms with Gasteiger partial charge in [0.2, 0.25) is 5.75 Å². The van der Waals surface area contributed by atoms with Gasteiger partial charge in [-0.05, 0) is 79.9 Å². The second-order valence-electron chi connectivity index (χ2n) is 12.7. The molecule has 46 heavy (non-hydrogen) atoms. The minimum atomic E-state index is -4.35. The molecule has 4 rings (SSSR count). The summed E-state index contributed by atoms with van der Waals surface area (Å²) in [5.41, 5.74) is -0.799. The number of benzene rings is 2. The molecule has 0 amide bonds. The number of unbranched alkanes of at least 4 members (excludes halogenated alkanes) is 4. The van der Waals surface area contributed by atoms with Crippen LogP contribution in [0.5, 0.6) is 11.5 Å². The maximum absolute atomic E-state index is 14.8. The van der Waals surface area contributed by atoms with Gasteiger partial charge < -0.3 is 9.47 Å². The second kappa shape index (κ2) is 16.7. The molecule has 2 aromatic carbocycles. The van der Waals surface area contributed by atoms with E-state index in [4.69, 9.17) is 0 Å². The topological polar surface area (TPSA) is 18.5 Å². The first-order valence-corrected chi connectivity index (χ1v) is 16.4. The third kappa shape index (κ3) is 9.98. The van der Waals surface area contributed by atoms with Crippen molar-refractivity contribution in [2.75, 3.05) is 0 Å². The summed E-state index contributed by atoms with van der Waals surface area (Å²) >= 11 is 0. The molecule has 0 atom stereocenters. The Balaban J connectivity index is 1.26. The molecule has 10 heteroatoms. The molecule has 2 aliphatic rings.